The molecule has 0 unspecified atom stereocenters. The van der Waals surface area contributed by atoms with Crippen LogP contribution in [-0.4, -0.2) is 18.7 Å². The van der Waals surface area contributed by atoms with Crippen molar-refractivity contribution in [3.8, 4) is 12.3 Å². The number of aromatic nitrogens is 1. The summed E-state index contributed by atoms with van der Waals surface area (Å²) >= 11 is 0. The van der Waals surface area contributed by atoms with Crippen molar-refractivity contribution in [2.75, 3.05) is 19.0 Å². The monoisotopic (exact) mass is 382 g/mol. The maximum Gasteiger partial charge on any atom is 0.205 e. The first-order chi connectivity index (χ1) is 13.3. The van der Waals surface area contributed by atoms with E-state index >= 15 is 0 Å². The lowest BCUT2D eigenvalue weighted by molar-refractivity contribution is 0.625. The predicted octanol–water partition coefficient (Wildman–Crippen LogP) is 4.79. The molecule has 2 aromatic carbocycles. The van der Waals surface area contributed by atoms with E-state index in [0.29, 0.717) is 17.7 Å². The zero-order chi connectivity index (χ0) is 20.8. The quantitative estimate of drug-likeness (QED) is 0.609. The van der Waals surface area contributed by atoms with E-state index < -0.39 is 5.82 Å². The Hall–Kier alpha value is -3.13. The fourth-order valence-corrected chi connectivity index (χ4v) is 2.76. The standard InChI is InChI=1S/C20H16F2N2O.C3H8/c1-4-14-12-24(11-13-5-7-15(21)8-6-13)18-10-19(23(2)3)17(22)9-16(18)20(14)25;1-3-2/h1,5-10,12H,11H2,2-3H3;3H2,1-2H3. The third kappa shape index (κ3) is 4.58. The van der Waals surface area contributed by atoms with Gasteiger partial charge in [0.25, 0.3) is 0 Å². The Morgan fingerprint density at radius 1 is 1.11 bits per heavy atom. The van der Waals surface area contributed by atoms with Crippen molar-refractivity contribution < 1.29 is 8.78 Å². The highest BCUT2D eigenvalue weighted by atomic mass is 19.1. The fourth-order valence-electron chi connectivity index (χ4n) is 2.76. The Balaban J connectivity index is 0.000000878. The summed E-state index contributed by atoms with van der Waals surface area (Å²) < 4.78 is 29.2. The van der Waals surface area contributed by atoms with E-state index in [1.54, 1.807) is 48.0 Å². The van der Waals surface area contributed by atoms with Crippen molar-refractivity contribution in [1.82, 2.24) is 4.57 Å². The zero-order valence-corrected chi connectivity index (χ0v) is 16.6. The van der Waals surface area contributed by atoms with Gasteiger partial charge in [-0.15, -0.1) is 6.42 Å². The van der Waals surface area contributed by atoms with Crippen molar-refractivity contribution in [2.24, 2.45) is 0 Å². The lowest BCUT2D eigenvalue weighted by atomic mass is 10.1. The molecule has 0 amide bonds. The van der Waals surface area contributed by atoms with Crippen LogP contribution in [0.15, 0.2) is 47.4 Å². The Kier molecular flexibility index (Phi) is 6.94. The minimum atomic E-state index is -0.489. The lowest BCUT2D eigenvalue weighted by Gasteiger charge is -2.17. The number of halogens is 2. The molecule has 0 saturated heterocycles. The zero-order valence-electron chi connectivity index (χ0n) is 16.6. The average molecular weight is 382 g/mol. The van der Waals surface area contributed by atoms with Crippen LogP contribution in [0.3, 0.4) is 0 Å². The van der Waals surface area contributed by atoms with Crippen LogP contribution in [0.25, 0.3) is 10.9 Å². The van der Waals surface area contributed by atoms with Gasteiger partial charge in [0.1, 0.15) is 11.6 Å². The van der Waals surface area contributed by atoms with Gasteiger partial charge < -0.3 is 9.47 Å². The molecular formula is C23H24F2N2O. The van der Waals surface area contributed by atoms with E-state index in [4.69, 9.17) is 6.42 Å². The van der Waals surface area contributed by atoms with E-state index in [1.807, 2.05) is 0 Å². The number of pyridine rings is 1. The smallest absolute Gasteiger partial charge is 0.205 e. The van der Waals surface area contributed by atoms with E-state index in [-0.39, 0.29) is 22.2 Å². The number of nitrogens with zero attached hydrogens (tertiary/aromatic N) is 2. The fraction of sp³-hybridized carbons (Fsp3) is 0.261. The first-order valence-corrected chi connectivity index (χ1v) is 9.07. The molecule has 28 heavy (non-hydrogen) atoms. The Labute approximate surface area is 164 Å². The number of anilines is 1. The van der Waals surface area contributed by atoms with Crippen LogP contribution in [0.5, 0.6) is 0 Å². The molecule has 0 saturated carbocycles. The summed E-state index contributed by atoms with van der Waals surface area (Å²) in [6, 6.07) is 8.89. The molecule has 0 N–H and O–H groups in total. The minimum Gasteiger partial charge on any atom is -0.375 e. The van der Waals surface area contributed by atoms with Crippen LogP contribution >= 0.6 is 0 Å². The highest BCUT2D eigenvalue weighted by molar-refractivity contribution is 5.84. The normalized spacial score (nSPS) is 10.2. The lowest BCUT2D eigenvalue weighted by Crippen LogP contribution is -2.16. The van der Waals surface area contributed by atoms with Crippen LogP contribution in [0.2, 0.25) is 0 Å². The predicted molar refractivity (Wildman–Crippen MR) is 112 cm³/mol. The molecule has 0 bridgehead atoms. The number of hydrogen-bond acceptors (Lipinski definition) is 2. The molecule has 0 aliphatic carbocycles. The summed E-state index contributed by atoms with van der Waals surface area (Å²) in [5.41, 5.74) is 1.56. The third-order valence-electron chi connectivity index (χ3n) is 4.05. The number of rotatable bonds is 3. The van der Waals surface area contributed by atoms with Gasteiger partial charge in [-0.05, 0) is 29.8 Å². The first kappa shape index (κ1) is 21.2. The van der Waals surface area contributed by atoms with Gasteiger partial charge in [-0.1, -0.05) is 38.3 Å². The Morgan fingerprint density at radius 3 is 2.25 bits per heavy atom. The molecule has 1 aromatic heterocycles. The van der Waals surface area contributed by atoms with Gasteiger partial charge in [0.05, 0.1) is 22.2 Å². The van der Waals surface area contributed by atoms with Crippen molar-refractivity contribution in [1.29, 1.82) is 0 Å². The van der Waals surface area contributed by atoms with Crippen LogP contribution in [-0.2, 0) is 6.54 Å². The van der Waals surface area contributed by atoms with Crippen molar-refractivity contribution >= 4 is 16.6 Å². The second-order valence-electron chi connectivity index (χ2n) is 6.69. The molecule has 0 fully saturated rings. The average Bonchev–Trinajstić information content (AvgIpc) is 2.66. The molecule has 0 spiro atoms. The van der Waals surface area contributed by atoms with Crippen LogP contribution in [0.1, 0.15) is 31.4 Å². The van der Waals surface area contributed by atoms with Gasteiger partial charge in [-0.2, -0.15) is 0 Å². The molecule has 3 nitrogen and oxygen atoms in total. The van der Waals surface area contributed by atoms with Gasteiger partial charge in [0.15, 0.2) is 0 Å². The van der Waals surface area contributed by atoms with Gasteiger partial charge in [-0.3, -0.25) is 4.79 Å². The van der Waals surface area contributed by atoms with Crippen LogP contribution < -0.4 is 10.3 Å². The van der Waals surface area contributed by atoms with E-state index in [9.17, 15) is 13.6 Å². The number of terminal acetylenes is 1. The van der Waals surface area contributed by atoms with Crippen molar-refractivity contribution in [3.05, 3.63) is 75.6 Å². The van der Waals surface area contributed by atoms with Crippen molar-refractivity contribution in [2.45, 2.75) is 26.8 Å². The molecule has 0 aliphatic rings. The van der Waals surface area contributed by atoms with Gasteiger partial charge in [-0.25, -0.2) is 8.78 Å². The minimum absolute atomic E-state index is 0.159. The number of fused-ring (bicyclic) bond motifs is 1. The van der Waals surface area contributed by atoms with E-state index in [0.717, 1.165) is 5.56 Å². The Bertz CT molecular complexity index is 1060. The number of benzene rings is 2. The van der Waals surface area contributed by atoms with Gasteiger partial charge in [0, 0.05) is 26.8 Å². The molecular weight excluding hydrogens is 358 g/mol. The molecule has 3 rings (SSSR count). The first-order valence-electron chi connectivity index (χ1n) is 9.07. The summed E-state index contributed by atoms with van der Waals surface area (Å²) in [5, 5.41) is 0.223. The molecule has 1 heterocycles. The molecule has 0 radical (unpaired) electrons. The maximum atomic E-state index is 14.3. The summed E-state index contributed by atoms with van der Waals surface area (Å²) in [4.78, 5) is 14.1. The molecule has 3 aromatic rings. The second kappa shape index (κ2) is 9.18. The van der Waals surface area contributed by atoms with Gasteiger partial charge in [0.2, 0.25) is 5.43 Å². The third-order valence-corrected chi connectivity index (χ3v) is 4.05. The highest BCUT2D eigenvalue weighted by Crippen LogP contribution is 2.24. The van der Waals surface area contributed by atoms with Gasteiger partial charge >= 0.3 is 0 Å². The molecule has 5 heteroatoms. The van der Waals surface area contributed by atoms with Crippen LogP contribution in [0.4, 0.5) is 14.5 Å². The SMILES string of the molecule is C#Cc1cn(Cc2ccc(F)cc2)c2cc(N(C)C)c(F)cc2c1=O.CCC. The topological polar surface area (TPSA) is 25.2 Å². The molecule has 146 valence electrons. The summed E-state index contributed by atoms with van der Waals surface area (Å²) in [6.07, 6.45) is 8.25. The number of hydrogen-bond donors (Lipinski definition) is 0. The Morgan fingerprint density at radius 2 is 1.71 bits per heavy atom. The summed E-state index contributed by atoms with van der Waals surface area (Å²) in [6.45, 7) is 4.63. The second-order valence-corrected chi connectivity index (χ2v) is 6.69. The van der Waals surface area contributed by atoms with Crippen LogP contribution in [0, 0.1) is 24.0 Å². The molecule has 0 aliphatic heterocycles. The van der Waals surface area contributed by atoms with E-state index in [1.165, 1.54) is 24.6 Å². The summed E-state index contributed by atoms with van der Waals surface area (Å²) in [7, 11) is 3.45. The molecule has 0 atom stereocenters. The largest absolute Gasteiger partial charge is 0.375 e. The highest BCUT2D eigenvalue weighted by Gasteiger charge is 2.14. The maximum absolute atomic E-state index is 14.3. The van der Waals surface area contributed by atoms with E-state index in [2.05, 4.69) is 19.8 Å². The van der Waals surface area contributed by atoms with Crippen molar-refractivity contribution in [3.63, 3.8) is 0 Å². The summed E-state index contributed by atoms with van der Waals surface area (Å²) in [5.74, 6) is 1.54.